The smallest absolute Gasteiger partial charge is 0.236 e. The second kappa shape index (κ2) is 7.48. The number of piperidine rings is 1. The molecular formula is C14H25N3O2. The third-order valence-corrected chi connectivity index (χ3v) is 3.99. The normalized spacial score (nSPS) is 20.5. The zero-order valence-corrected chi connectivity index (χ0v) is 11.6. The molecule has 0 aromatic rings. The molecule has 1 saturated carbocycles. The van der Waals surface area contributed by atoms with Crippen LogP contribution in [0.25, 0.3) is 0 Å². The first-order chi connectivity index (χ1) is 9.25. The maximum absolute atomic E-state index is 11.9. The van der Waals surface area contributed by atoms with Crippen molar-refractivity contribution in [3.63, 3.8) is 0 Å². The van der Waals surface area contributed by atoms with Crippen LogP contribution in [0.3, 0.4) is 0 Å². The van der Waals surface area contributed by atoms with Gasteiger partial charge in [0, 0.05) is 19.1 Å². The van der Waals surface area contributed by atoms with Crippen molar-refractivity contribution in [2.75, 3.05) is 26.2 Å². The van der Waals surface area contributed by atoms with E-state index in [-0.39, 0.29) is 24.9 Å². The number of rotatable bonds is 5. The molecule has 1 saturated heterocycles. The third kappa shape index (κ3) is 4.82. The van der Waals surface area contributed by atoms with Gasteiger partial charge in [-0.25, -0.2) is 0 Å². The van der Waals surface area contributed by atoms with E-state index >= 15 is 0 Å². The molecular weight excluding hydrogens is 242 g/mol. The van der Waals surface area contributed by atoms with Gasteiger partial charge in [0.25, 0.3) is 0 Å². The maximum atomic E-state index is 11.9. The van der Waals surface area contributed by atoms with Crippen LogP contribution in [-0.4, -0.2) is 48.9 Å². The van der Waals surface area contributed by atoms with Crippen LogP contribution in [0, 0.1) is 0 Å². The van der Waals surface area contributed by atoms with Gasteiger partial charge in [0.2, 0.25) is 11.8 Å². The summed E-state index contributed by atoms with van der Waals surface area (Å²) in [5.74, 6) is 0.131. The monoisotopic (exact) mass is 267 g/mol. The number of hydrogen-bond donors (Lipinski definition) is 2. The Morgan fingerprint density at radius 2 is 1.63 bits per heavy atom. The van der Waals surface area contributed by atoms with Gasteiger partial charge in [0.15, 0.2) is 0 Å². The molecule has 0 aromatic carbocycles. The van der Waals surface area contributed by atoms with E-state index in [0.717, 1.165) is 38.8 Å². The van der Waals surface area contributed by atoms with Gasteiger partial charge in [-0.1, -0.05) is 12.8 Å². The highest BCUT2D eigenvalue weighted by Gasteiger charge is 2.18. The van der Waals surface area contributed by atoms with E-state index in [1.807, 2.05) is 4.90 Å². The molecule has 0 bridgehead atoms. The van der Waals surface area contributed by atoms with Crippen molar-refractivity contribution in [3.05, 3.63) is 0 Å². The standard InChI is InChI=1S/C14H25N3O2/c18-13(16-12-6-2-3-7-12)10-15-11-14(19)17-8-4-1-5-9-17/h12,15H,1-11H2,(H,16,18). The van der Waals surface area contributed by atoms with E-state index in [0.29, 0.717) is 6.04 Å². The summed E-state index contributed by atoms with van der Waals surface area (Å²) in [7, 11) is 0. The van der Waals surface area contributed by atoms with Crippen molar-refractivity contribution < 1.29 is 9.59 Å². The minimum atomic E-state index is 0.0124. The fraction of sp³-hybridized carbons (Fsp3) is 0.857. The number of nitrogens with zero attached hydrogens (tertiary/aromatic N) is 1. The molecule has 1 aliphatic carbocycles. The van der Waals surface area contributed by atoms with Crippen molar-refractivity contribution in [1.82, 2.24) is 15.5 Å². The molecule has 0 aromatic heterocycles. The predicted octanol–water partition coefficient (Wildman–Crippen LogP) is 0.647. The number of nitrogens with one attached hydrogen (secondary N) is 2. The molecule has 2 amide bonds. The van der Waals surface area contributed by atoms with Crippen LogP contribution < -0.4 is 10.6 Å². The highest BCUT2D eigenvalue weighted by Crippen LogP contribution is 2.17. The molecule has 0 spiro atoms. The maximum Gasteiger partial charge on any atom is 0.236 e. The second-order valence-corrected chi connectivity index (χ2v) is 5.59. The minimum Gasteiger partial charge on any atom is -0.352 e. The number of likely N-dealkylation sites (tertiary alicyclic amines) is 1. The van der Waals surface area contributed by atoms with Crippen molar-refractivity contribution in [2.24, 2.45) is 0 Å². The number of carbonyl (C=O) groups excluding carboxylic acids is 2. The Labute approximate surface area is 115 Å². The molecule has 1 aliphatic heterocycles. The molecule has 0 unspecified atom stereocenters. The lowest BCUT2D eigenvalue weighted by Crippen LogP contribution is -2.44. The fourth-order valence-electron chi connectivity index (χ4n) is 2.89. The topological polar surface area (TPSA) is 61.4 Å². The molecule has 2 rings (SSSR count). The van der Waals surface area contributed by atoms with Gasteiger partial charge in [0.1, 0.15) is 0 Å². The summed E-state index contributed by atoms with van der Waals surface area (Å²) in [6, 6.07) is 0.354. The van der Waals surface area contributed by atoms with E-state index in [4.69, 9.17) is 0 Å². The molecule has 5 heteroatoms. The first kappa shape index (κ1) is 14.3. The van der Waals surface area contributed by atoms with Crippen LogP contribution in [0.2, 0.25) is 0 Å². The van der Waals surface area contributed by atoms with Gasteiger partial charge in [-0.3, -0.25) is 14.9 Å². The Morgan fingerprint density at radius 3 is 2.32 bits per heavy atom. The van der Waals surface area contributed by atoms with Crippen LogP contribution in [0.1, 0.15) is 44.9 Å². The molecule has 2 aliphatic rings. The lowest BCUT2D eigenvalue weighted by Gasteiger charge is -2.26. The molecule has 5 nitrogen and oxygen atoms in total. The third-order valence-electron chi connectivity index (χ3n) is 3.99. The lowest BCUT2D eigenvalue weighted by atomic mass is 10.1. The van der Waals surface area contributed by atoms with E-state index in [1.165, 1.54) is 19.3 Å². The van der Waals surface area contributed by atoms with Gasteiger partial charge in [-0.2, -0.15) is 0 Å². The highest BCUT2D eigenvalue weighted by atomic mass is 16.2. The van der Waals surface area contributed by atoms with E-state index in [2.05, 4.69) is 10.6 Å². The van der Waals surface area contributed by atoms with E-state index in [1.54, 1.807) is 0 Å². The summed E-state index contributed by atoms with van der Waals surface area (Å²) in [5, 5.41) is 5.96. The fourth-order valence-corrected chi connectivity index (χ4v) is 2.89. The summed E-state index contributed by atoms with van der Waals surface area (Å²) in [5.41, 5.74) is 0. The van der Waals surface area contributed by atoms with Crippen LogP contribution >= 0.6 is 0 Å². The molecule has 0 atom stereocenters. The average molecular weight is 267 g/mol. The first-order valence-corrected chi connectivity index (χ1v) is 7.53. The van der Waals surface area contributed by atoms with Gasteiger partial charge in [-0.05, 0) is 32.1 Å². The van der Waals surface area contributed by atoms with Crippen molar-refractivity contribution in [2.45, 2.75) is 51.0 Å². The Hall–Kier alpha value is -1.10. The summed E-state index contributed by atoms with van der Waals surface area (Å²) < 4.78 is 0. The van der Waals surface area contributed by atoms with Crippen LogP contribution in [-0.2, 0) is 9.59 Å². The second-order valence-electron chi connectivity index (χ2n) is 5.59. The Bertz CT molecular complexity index is 308. The highest BCUT2D eigenvalue weighted by molar-refractivity contribution is 5.81. The lowest BCUT2D eigenvalue weighted by molar-refractivity contribution is -0.131. The van der Waals surface area contributed by atoms with E-state index in [9.17, 15) is 9.59 Å². The van der Waals surface area contributed by atoms with Crippen molar-refractivity contribution in [3.8, 4) is 0 Å². The van der Waals surface area contributed by atoms with Gasteiger partial charge < -0.3 is 10.2 Å². The van der Waals surface area contributed by atoms with Crippen molar-refractivity contribution >= 4 is 11.8 Å². The molecule has 0 radical (unpaired) electrons. The average Bonchev–Trinajstić information content (AvgIpc) is 2.92. The predicted molar refractivity (Wildman–Crippen MR) is 73.7 cm³/mol. The minimum absolute atomic E-state index is 0.0124. The summed E-state index contributed by atoms with van der Waals surface area (Å²) in [6.45, 7) is 2.26. The van der Waals surface area contributed by atoms with Crippen molar-refractivity contribution in [1.29, 1.82) is 0 Å². The number of amides is 2. The zero-order chi connectivity index (χ0) is 13.5. The molecule has 108 valence electrons. The van der Waals surface area contributed by atoms with Crippen LogP contribution in [0.4, 0.5) is 0 Å². The SMILES string of the molecule is O=C(CNCC(=O)N1CCCCC1)NC1CCCC1. The summed E-state index contributed by atoms with van der Waals surface area (Å²) in [4.78, 5) is 25.4. The van der Waals surface area contributed by atoms with Gasteiger partial charge >= 0.3 is 0 Å². The molecule has 2 N–H and O–H groups in total. The quantitative estimate of drug-likeness (QED) is 0.769. The van der Waals surface area contributed by atoms with Crippen LogP contribution in [0.5, 0.6) is 0 Å². The largest absolute Gasteiger partial charge is 0.352 e. The molecule has 1 heterocycles. The van der Waals surface area contributed by atoms with Crippen LogP contribution in [0.15, 0.2) is 0 Å². The zero-order valence-electron chi connectivity index (χ0n) is 11.6. The Balaban J connectivity index is 1.57. The van der Waals surface area contributed by atoms with Gasteiger partial charge in [0.05, 0.1) is 13.1 Å². The van der Waals surface area contributed by atoms with Gasteiger partial charge in [-0.15, -0.1) is 0 Å². The summed E-state index contributed by atoms with van der Waals surface area (Å²) >= 11 is 0. The molecule has 19 heavy (non-hydrogen) atoms. The number of carbonyl (C=O) groups is 2. The summed E-state index contributed by atoms with van der Waals surface area (Å²) in [6.07, 6.45) is 8.05. The Kier molecular flexibility index (Phi) is 5.63. The van der Waals surface area contributed by atoms with E-state index < -0.39 is 0 Å². The molecule has 2 fully saturated rings. The number of hydrogen-bond acceptors (Lipinski definition) is 3. The first-order valence-electron chi connectivity index (χ1n) is 7.53. The Morgan fingerprint density at radius 1 is 0.947 bits per heavy atom.